The summed E-state index contributed by atoms with van der Waals surface area (Å²) in [5, 5.41) is 1.70. The third kappa shape index (κ3) is 3.45. The van der Waals surface area contributed by atoms with Crippen LogP contribution in [0.25, 0.3) is 21.8 Å². The van der Waals surface area contributed by atoms with Crippen LogP contribution in [0.3, 0.4) is 0 Å². The van der Waals surface area contributed by atoms with E-state index in [0.717, 1.165) is 38.7 Å². The second-order valence-electron chi connectivity index (χ2n) is 6.89. The van der Waals surface area contributed by atoms with Crippen LogP contribution in [0.15, 0.2) is 54.6 Å². The molecule has 2 N–H and O–H groups in total. The lowest BCUT2D eigenvalue weighted by Gasteiger charge is -2.13. The highest BCUT2D eigenvalue weighted by molar-refractivity contribution is 6.17. The van der Waals surface area contributed by atoms with Crippen LogP contribution < -0.4 is 10.5 Å². The molecule has 4 rings (SSSR count). The number of carbonyl (C=O) groups is 1. The van der Waals surface area contributed by atoms with E-state index in [1.807, 2.05) is 43.3 Å². The van der Waals surface area contributed by atoms with Crippen molar-refractivity contribution in [3.8, 4) is 5.75 Å². The number of carbonyl (C=O) groups excluding carboxylic acids is 1. The molecule has 1 heterocycles. The summed E-state index contributed by atoms with van der Waals surface area (Å²) in [4.78, 5) is 12.1. The number of primary amides is 1. The summed E-state index contributed by atoms with van der Waals surface area (Å²) < 4.78 is 13.3. The summed E-state index contributed by atoms with van der Waals surface area (Å²) in [5.74, 6) is 0.409. The number of para-hydroxylation sites is 1. The van der Waals surface area contributed by atoms with Crippen LogP contribution in [0.4, 0.5) is 0 Å². The van der Waals surface area contributed by atoms with Gasteiger partial charge in [0.25, 0.3) is 0 Å². The quantitative estimate of drug-likeness (QED) is 0.514. The molecule has 147 valence electrons. The molecule has 0 aliphatic carbocycles. The molecule has 1 radical (unpaired) electrons. The van der Waals surface area contributed by atoms with Crippen molar-refractivity contribution in [3.63, 3.8) is 0 Å². The summed E-state index contributed by atoms with van der Waals surface area (Å²) >= 11 is 0. The molecule has 5 nitrogen and oxygen atoms in total. The third-order valence-electron chi connectivity index (χ3n) is 5.03. The first-order valence-corrected chi connectivity index (χ1v) is 9.59. The Morgan fingerprint density at radius 1 is 1.14 bits per heavy atom. The molecule has 0 aliphatic rings. The maximum atomic E-state index is 12.1. The number of nitrogens with zero attached hydrogens (tertiary/aromatic N) is 1. The lowest BCUT2D eigenvalue weighted by molar-refractivity contribution is 0.100. The molecule has 1 aromatic heterocycles. The van der Waals surface area contributed by atoms with Gasteiger partial charge in [0.2, 0.25) is 5.91 Å². The van der Waals surface area contributed by atoms with Crippen LogP contribution in [-0.4, -0.2) is 24.2 Å². The molecule has 29 heavy (non-hydrogen) atoms. The van der Waals surface area contributed by atoms with E-state index in [4.69, 9.17) is 15.2 Å². The Balaban J connectivity index is 1.99. The molecule has 0 bridgehead atoms. The summed E-state index contributed by atoms with van der Waals surface area (Å²) in [6, 6.07) is 21.0. The van der Waals surface area contributed by atoms with Gasteiger partial charge in [-0.15, -0.1) is 0 Å². The largest absolute Gasteiger partial charge is 0.494 e. The zero-order valence-corrected chi connectivity index (χ0v) is 16.6. The molecule has 0 aliphatic heterocycles. The van der Waals surface area contributed by atoms with Gasteiger partial charge in [0.05, 0.1) is 30.8 Å². The van der Waals surface area contributed by atoms with Gasteiger partial charge >= 0.3 is 0 Å². The normalized spacial score (nSPS) is 11.2. The van der Waals surface area contributed by atoms with Crippen molar-refractivity contribution in [3.05, 3.63) is 77.4 Å². The highest BCUT2D eigenvalue weighted by atomic mass is 16.5. The lowest BCUT2D eigenvalue weighted by atomic mass is 10.0. The Morgan fingerprint density at radius 2 is 1.97 bits per heavy atom. The Kier molecular flexibility index (Phi) is 5.23. The van der Waals surface area contributed by atoms with Gasteiger partial charge in [-0.25, -0.2) is 0 Å². The predicted molar refractivity (Wildman–Crippen MR) is 114 cm³/mol. The van der Waals surface area contributed by atoms with Crippen LogP contribution >= 0.6 is 0 Å². The average molecular weight is 387 g/mol. The van der Waals surface area contributed by atoms with Crippen LogP contribution in [0, 0.1) is 6.07 Å². The maximum absolute atomic E-state index is 12.1. The fourth-order valence-corrected chi connectivity index (χ4v) is 3.83. The molecule has 0 saturated carbocycles. The monoisotopic (exact) mass is 387 g/mol. The van der Waals surface area contributed by atoms with Crippen molar-refractivity contribution in [1.29, 1.82) is 0 Å². The highest BCUT2D eigenvalue weighted by Crippen LogP contribution is 2.33. The Labute approximate surface area is 169 Å². The molecular formula is C24H23N2O3. The van der Waals surface area contributed by atoms with Gasteiger partial charge in [0.1, 0.15) is 5.75 Å². The number of hydrogen-bond donors (Lipinski definition) is 1. The van der Waals surface area contributed by atoms with Gasteiger partial charge in [0, 0.05) is 29.0 Å². The summed E-state index contributed by atoms with van der Waals surface area (Å²) in [6.45, 7) is 3.67. The smallest absolute Gasteiger partial charge is 0.249 e. The molecule has 5 heteroatoms. The number of nitrogens with two attached hydrogens (primary N) is 1. The highest BCUT2D eigenvalue weighted by Gasteiger charge is 2.18. The van der Waals surface area contributed by atoms with E-state index in [2.05, 4.69) is 22.8 Å². The van der Waals surface area contributed by atoms with E-state index in [1.165, 1.54) is 0 Å². The maximum Gasteiger partial charge on any atom is 0.249 e. The number of methoxy groups -OCH3 is 1. The first-order valence-electron chi connectivity index (χ1n) is 9.59. The van der Waals surface area contributed by atoms with Gasteiger partial charge in [-0.1, -0.05) is 24.3 Å². The number of amides is 1. The molecule has 0 unspecified atom stereocenters. The molecule has 0 atom stereocenters. The zero-order chi connectivity index (χ0) is 20.4. The number of ether oxygens (including phenoxy) is 2. The van der Waals surface area contributed by atoms with Crippen molar-refractivity contribution < 1.29 is 14.3 Å². The average Bonchev–Trinajstić information content (AvgIpc) is 3.03. The predicted octanol–water partition coefficient (Wildman–Crippen LogP) is 4.29. The Hall–Kier alpha value is -3.31. The zero-order valence-electron chi connectivity index (χ0n) is 16.6. The van der Waals surface area contributed by atoms with Crippen LogP contribution in [0.5, 0.6) is 5.75 Å². The summed E-state index contributed by atoms with van der Waals surface area (Å²) in [6.07, 6.45) is 0. The minimum atomic E-state index is -0.446. The molecule has 4 aromatic rings. The number of hydrogen-bond acceptors (Lipinski definition) is 3. The van der Waals surface area contributed by atoms with Gasteiger partial charge in [-0.05, 0) is 48.9 Å². The molecule has 0 spiro atoms. The van der Waals surface area contributed by atoms with Crippen molar-refractivity contribution in [1.82, 2.24) is 4.57 Å². The Bertz CT molecular complexity index is 1190. The number of rotatable bonds is 7. The minimum Gasteiger partial charge on any atom is -0.494 e. The topological polar surface area (TPSA) is 66.5 Å². The Morgan fingerprint density at radius 3 is 2.72 bits per heavy atom. The molecule has 0 fully saturated rings. The number of aromatic nitrogens is 1. The second kappa shape index (κ2) is 7.97. The van der Waals surface area contributed by atoms with Crippen LogP contribution in [0.1, 0.15) is 28.4 Å². The standard InChI is InChI=1S/C24H23N2O3/c1-3-29-22-10-5-4-7-17(22)14-26-20-9-6-8-19(24(25)27)23(20)18-12-11-16(15-28-2)13-21(18)26/h4-11,13H,3,14-15H2,1-2H3,(H2,25,27). The van der Waals surface area contributed by atoms with Gasteiger partial charge in [0.15, 0.2) is 0 Å². The van der Waals surface area contributed by atoms with Gasteiger partial charge < -0.3 is 19.8 Å². The van der Waals surface area contributed by atoms with E-state index in [1.54, 1.807) is 13.2 Å². The van der Waals surface area contributed by atoms with Crippen molar-refractivity contribution >= 4 is 27.7 Å². The van der Waals surface area contributed by atoms with Crippen molar-refractivity contribution in [2.45, 2.75) is 20.1 Å². The van der Waals surface area contributed by atoms with Crippen LogP contribution in [-0.2, 0) is 17.9 Å². The second-order valence-corrected chi connectivity index (χ2v) is 6.89. The van der Waals surface area contributed by atoms with E-state index in [0.29, 0.717) is 25.3 Å². The fraction of sp³-hybridized carbons (Fsp3) is 0.208. The molecule has 1 amide bonds. The molecule has 3 aromatic carbocycles. The SMILES string of the molecule is CCOc1ccccc1Cn1c2cc(COC)c[c]c2c2c(C(N)=O)cccc21. The fourth-order valence-electron chi connectivity index (χ4n) is 3.83. The third-order valence-corrected chi connectivity index (χ3v) is 5.03. The van der Waals surface area contributed by atoms with Gasteiger partial charge in [-0.2, -0.15) is 0 Å². The van der Waals surface area contributed by atoms with Crippen LogP contribution in [0.2, 0.25) is 0 Å². The first-order chi connectivity index (χ1) is 14.1. The van der Waals surface area contributed by atoms with Gasteiger partial charge in [-0.3, -0.25) is 4.79 Å². The van der Waals surface area contributed by atoms with E-state index >= 15 is 0 Å². The van der Waals surface area contributed by atoms with E-state index in [9.17, 15) is 4.79 Å². The first kappa shape index (κ1) is 19.0. The van der Waals surface area contributed by atoms with E-state index in [-0.39, 0.29) is 0 Å². The number of benzene rings is 3. The molecule has 0 saturated heterocycles. The number of fused-ring (bicyclic) bond motifs is 3. The van der Waals surface area contributed by atoms with Crippen molar-refractivity contribution in [2.24, 2.45) is 5.73 Å². The summed E-state index contributed by atoms with van der Waals surface area (Å²) in [7, 11) is 1.67. The van der Waals surface area contributed by atoms with Crippen molar-refractivity contribution in [2.75, 3.05) is 13.7 Å². The summed E-state index contributed by atoms with van der Waals surface area (Å²) in [5.41, 5.74) is 10.2. The van der Waals surface area contributed by atoms with E-state index < -0.39 is 5.91 Å². The lowest BCUT2D eigenvalue weighted by Crippen LogP contribution is -2.11. The molecular weight excluding hydrogens is 364 g/mol. The minimum absolute atomic E-state index is 0.446.